The quantitative estimate of drug-likeness (QED) is 0.129. The van der Waals surface area contributed by atoms with Gasteiger partial charge < -0.3 is 14.5 Å². The molecular formula is C70H62N4O. The summed E-state index contributed by atoms with van der Waals surface area (Å²) in [6.45, 7) is 16.7. The molecular weight excluding hydrogens is 913 g/mol. The molecule has 0 atom stereocenters. The van der Waals surface area contributed by atoms with E-state index in [-0.39, 0.29) is 16.2 Å². The summed E-state index contributed by atoms with van der Waals surface area (Å²) in [7, 11) is 0. The van der Waals surface area contributed by atoms with E-state index in [1.165, 1.54) is 44.5 Å². The van der Waals surface area contributed by atoms with Crippen LogP contribution >= 0.6 is 0 Å². The second-order valence-electron chi connectivity index (χ2n) is 22.2. The average molecular weight is 975 g/mol. The van der Waals surface area contributed by atoms with Gasteiger partial charge in [-0.1, -0.05) is 194 Å². The van der Waals surface area contributed by atoms with E-state index in [2.05, 4.69) is 293 Å². The first-order valence-electron chi connectivity index (χ1n) is 26.2. The number of pyridine rings is 1. The van der Waals surface area contributed by atoms with Gasteiger partial charge in [-0.15, -0.1) is 0 Å². The predicted molar refractivity (Wildman–Crippen MR) is 314 cm³/mol. The van der Waals surface area contributed by atoms with E-state index >= 15 is 0 Å². The number of hydrogen-bond acceptors (Lipinski definition) is 4. The minimum atomic E-state index is -0.350. The third-order valence-corrected chi connectivity index (χ3v) is 15.6. The molecule has 0 saturated heterocycles. The topological polar surface area (TPSA) is 33.5 Å². The molecule has 0 N–H and O–H groups in total. The van der Waals surface area contributed by atoms with Gasteiger partial charge in [-0.2, -0.15) is 0 Å². The summed E-state index contributed by atoms with van der Waals surface area (Å²) in [6.07, 6.45) is 1.95. The molecule has 0 unspecified atom stereocenters. The standard InChI is InChI=1S/C70H62N4O/c1-68(2,3)55-38-51(49-24-14-9-15-25-49)39-57(41-55)72-47-73(65-31-21-20-30-64(65)72)58-42-56(70(6,7)53-28-18-11-19-29-53)43-60(45-58)75-59-33-34-61-62-40-50(48-22-12-8-13-23-48)32-35-63(62)74(66(61)46-59)67-44-54(36-37-71-67)69(4,5)52-26-16-10-17-27-52/h8-46H,47H2,1-7H3. The molecule has 1 aliphatic heterocycles. The van der Waals surface area contributed by atoms with Crippen molar-refractivity contribution in [3.63, 3.8) is 0 Å². The van der Waals surface area contributed by atoms with Crippen molar-refractivity contribution in [2.45, 2.75) is 64.7 Å². The molecule has 9 aromatic carbocycles. The van der Waals surface area contributed by atoms with E-state index in [4.69, 9.17) is 9.72 Å². The number of fused-ring (bicyclic) bond motifs is 4. The molecule has 1 aliphatic rings. The van der Waals surface area contributed by atoms with Crippen molar-refractivity contribution >= 4 is 44.6 Å². The Kier molecular flexibility index (Phi) is 11.8. The Morgan fingerprint density at radius 3 is 1.56 bits per heavy atom. The largest absolute Gasteiger partial charge is 0.457 e. The molecule has 0 amide bonds. The number of para-hydroxylation sites is 2. The molecule has 12 rings (SSSR count). The molecule has 5 nitrogen and oxygen atoms in total. The van der Waals surface area contributed by atoms with Crippen molar-refractivity contribution in [1.82, 2.24) is 9.55 Å². The highest BCUT2D eigenvalue weighted by Crippen LogP contribution is 2.48. The van der Waals surface area contributed by atoms with Crippen LogP contribution in [0.5, 0.6) is 11.5 Å². The van der Waals surface area contributed by atoms with Crippen LogP contribution in [0.1, 0.15) is 76.3 Å². The Bertz CT molecular complexity index is 3870. The molecule has 0 saturated carbocycles. The van der Waals surface area contributed by atoms with Crippen LogP contribution < -0.4 is 14.5 Å². The fourth-order valence-electron chi connectivity index (χ4n) is 11.0. The van der Waals surface area contributed by atoms with Crippen molar-refractivity contribution in [2.24, 2.45) is 0 Å². The maximum Gasteiger partial charge on any atom is 0.137 e. The maximum atomic E-state index is 7.22. The Balaban J connectivity index is 0.991. The summed E-state index contributed by atoms with van der Waals surface area (Å²) in [4.78, 5) is 10.0. The molecule has 3 heterocycles. The van der Waals surface area contributed by atoms with Gasteiger partial charge >= 0.3 is 0 Å². The Morgan fingerprint density at radius 1 is 0.373 bits per heavy atom. The first-order valence-corrected chi connectivity index (χ1v) is 26.2. The minimum Gasteiger partial charge on any atom is -0.457 e. The molecule has 5 heteroatoms. The average Bonchev–Trinajstić information content (AvgIpc) is 4.00. The van der Waals surface area contributed by atoms with Crippen LogP contribution in [-0.2, 0) is 16.2 Å². The number of rotatable bonds is 11. The summed E-state index contributed by atoms with van der Waals surface area (Å²) < 4.78 is 9.53. The van der Waals surface area contributed by atoms with E-state index in [9.17, 15) is 0 Å². The van der Waals surface area contributed by atoms with Crippen molar-refractivity contribution in [2.75, 3.05) is 16.5 Å². The van der Waals surface area contributed by atoms with Crippen LogP contribution in [0.2, 0.25) is 0 Å². The van der Waals surface area contributed by atoms with Gasteiger partial charge in [0.15, 0.2) is 0 Å². The van der Waals surface area contributed by atoms with Crippen molar-refractivity contribution in [3.05, 3.63) is 265 Å². The first kappa shape index (κ1) is 47.3. The Hall–Kier alpha value is -8.67. The zero-order valence-electron chi connectivity index (χ0n) is 43.9. The molecule has 0 fully saturated rings. The van der Waals surface area contributed by atoms with Crippen LogP contribution in [0.3, 0.4) is 0 Å². The van der Waals surface area contributed by atoms with E-state index in [0.717, 1.165) is 67.4 Å². The summed E-state index contributed by atoms with van der Waals surface area (Å²) >= 11 is 0. The van der Waals surface area contributed by atoms with Gasteiger partial charge in [-0.3, -0.25) is 4.57 Å². The number of ether oxygens (including phenoxy) is 1. The number of hydrogen-bond donors (Lipinski definition) is 0. The lowest BCUT2D eigenvalue weighted by molar-refractivity contribution is 0.480. The van der Waals surface area contributed by atoms with Crippen molar-refractivity contribution < 1.29 is 4.74 Å². The molecule has 0 radical (unpaired) electrons. The van der Waals surface area contributed by atoms with Gasteiger partial charge in [0.05, 0.1) is 22.4 Å². The van der Waals surface area contributed by atoms with Gasteiger partial charge in [0.1, 0.15) is 24.0 Å². The van der Waals surface area contributed by atoms with Crippen LogP contribution in [0.25, 0.3) is 49.9 Å². The zero-order chi connectivity index (χ0) is 51.5. The third-order valence-electron chi connectivity index (χ3n) is 15.6. The second kappa shape index (κ2) is 18.7. The summed E-state index contributed by atoms with van der Waals surface area (Å²) in [5.41, 5.74) is 16.9. The normalized spacial score (nSPS) is 12.9. The second-order valence-corrected chi connectivity index (χ2v) is 22.2. The number of aromatic nitrogens is 2. The van der Waals surface area contributed by atoms with Crippen LogP contribution in [0.4, 0.5) is 22.7 Å². The summed E-state index contributed by atoms with van der Waals surface area (Å²) in [6, 6.07) is 83.3. The SMILES string of the molecule is CC(C)(C)c1cc(-c2ccccc2)cc(N2CN(c3cc(Oc4ccc5c6cc(-c7ccccc7)ccc6n(-c6cc(C(C)(C)c7ccccc7)ccn6)c5c4)cc(C(C)(C)c4ccccc4)c3)c3ccccc32)c1. The minimum absolute atomic E-state index is 0.0512. The lowest BCUT2D eigenvalue weighted by atomic mass is 9.78. The highest BCUT2D eigenvalue weighted by molar-refractivity contribution is 6.10. The molecule has 0 spiro atoms. The van der Waals surface area contributed by atoms with Gasteiger partial charge in [-0.05, 0) is 128 Å². The van der Waals surface area contributed by atoms with Crippen molar-refractivity contribution in [3.8, 4) is 39.6 Å². The monoisotopic (exact) mass is 974 g/mol. The molecule has 2 aromatic heterocycles. The molecule has 11 aromatic rings. The van der Waals surface area contributed by atoms with E-state index in [0.29, 0.717) is 6.67 Å². The van der Waals surface area contributed by atoms with E-state index in [1.54, 1.807) is 0 Å². The predicted octanol–water partition coefficient (Wildman–Crippen LogP) is 18.5. The van der Waals surface area contributed by atoms with Gasteiger partial charge in [0, 0.05) is 51.3 Å². The molecule has 368 valence electrons. The van der Waals surface area contributed by atoms with Crippen molar-refractivity contribution in [1.29, 1.82) is 0 Å². The zero-order valence-corrected chi connectivity index (χ0v) is 43.9. The number of benzene rings is 9. The summed E-state index contributed by atoms with van der Waals surface area (Å²) in [5.74, 6) is 2.37. The number of nitrogens with zero attached hydrogens (tertiary/aromatic N) is 4. The Morgan fingerprint density at radius 2 is 0.933 bits per heavy atom. The van der Waals surface area contributed by atoms with E-state index in [1.807, 2.05) is 6.20 Å². The van der Waals surface area contributed by atoms with Gasteiger partial charge in [0.25, 0.3) is 0 Å². The fourth-order valence-corrected chi connectivity index (χ4v) is 11.0. The van der Waals surface area contributed by atoms with Crippen LogP contribution in [0.15, 0.2) is 237 Å². The third kappa shape index (κ3) is 8.82. The molecule has 0 bridgehead atoms. The fraction of sp³-hybridized carbons (Fsp3) is 0.157. The maximum absolute atomic E-state index is 7.22. The number of anilines is 4. The molecule has 0 aliphatic carbocycles. The van der Waals surface area contributed by atoms with Crippen LogP contribution in [0, 0.1) is 0 Å². The Labute approximate surface area is 442 Å². The smallest absolute Gasteiger partial charge is 0.137 e. The van der Waals surface area contributed by atoms with Crippen LogP contribution in [-0.4, -0.2) is 16.2 Å². The van der Waals surface area contributed by atoms with E-state index < -0.39 is 0 Å². The van der Waals surface area contributed by atoms with Gasteiger partial charge in [-0.25, -0.2) is 4.98 Å². The summed E-state index contributed by atoms with van der Waals surface area (Å²) in [5, 5.41) is 2.28. The highest BCUT2D eigenvalue weighted by atomic mass is 16.5. The first-order chi connectivity index (χ1) is 36.3. The highest BCUT2D eigenvalue weighted by Gasteiger charge is 2.32. The molecule has 75 heavy (non-hydrogen) atoms. The lowest BCUT2D eigenvalue weighted by Gasteiger charge is -2.29. The van der Waals surface area contributed by atoms with Gasteiger partial charge in [0.2, 0.25) is 0 Å². The lowest BCUT2D eigenvalue weighted by Crippen LogP contribution is -2.25.